The highest BCUT2D eigenvalue weighted by Gasteiger charge is 2.15. The second-order valence-electron chi connectivity index (χ2n) is 8.23. The lowest BCUT2D eigenvalue weighted by Crippen LogP contribution is -2.25. The summed E-state index contributed by atoms with van der Waals surface area (Å²) in [5, 5.41) is 38.5. The van der Waals surface area contributed by atoms with Crippen LogP contribution in [0.1, 0.15) is 117 Å². The van der Waals surface area contributed by atoms with Gasteiger partial charge in [0.25, 0.3) is 0 Å². The van der Waals surface area contributed by atoms with Crippen LogP contribution in [0.3, 0.4) is 0 Å². The van der Waals surface area contributed by atoms with Gasteiger partial charge in [-0.3, -0.25) is 0 Å². The lowest BCUT2D eigenvalue weighted by atomic mass is 9.99. The van der Waals surface area contributed by atoms with E-state index >= 15 is 0 Å². The highest BCUT2D eigenvalue weighted by atomic mass is 16.3. The second-order valence-corrected chi connectivity index (χ2v) is 8.23. The number of unbranched alkanes of at least 4 members (excludes halogenated alkanes) is 10. The van der Waals surface area contributed by atoms with Crippen molar-refractivity contribution in [2.75, 3.05) is 0 Å². The minimum atomic E-state index is -0.573. The third kappa shape index (κ3) is 18.6. The van der Waals surface area contributed by atoms with Crippen LogP contribution in [0.5, 0.6) is 0 Å². The van der Waals surface area contributed by atoms with E-state index in [4.69, 9.17) is 0 Å². The van der Waals surface area contributed by atoms with Gasteiger partial charge in [-0.2, -0.15) is 0 Å². The Labute approximate surface area is 162 Å². The van der Waals surface area contributed by atoms with E-state index in [0.717, 1.165) is 51.4 Å². The highest BCUT2D eigenvalue weighted by molar-refractivity contribution is 4.67. The standard InChI is InChI=1S/C22H46O4/c1-19(23)15-11-7-3-5-9-13-17-21(25)22(26)18-14-10-6-4-8-12-16-20(2)24/h19-26H,3-18H2,1-2H3. The molecule has 0 saturated carbocycles. The van der Waals surface area contributed by atoms with Crippen LogP contribution in [-0.2, 0) is 0 Å². The molecule has 158 valence electrons. The molecule has 0 fully saturated rings. The van der Waals surface area contributed by atoms with Crippen LogP contribution in [0.25, 0.3) is 0 Å². The highest BCUT2D eigenvalue weighted by Crippen LogP contribution is 2.16. The fourth-order valence-electron chi connectivity index (χ4n) is 3.39. The summed E-state index contributed by atoms with van der Waals surface area (Å²) in [6.07, 6.45) is 15.2. The van der Waals surface area contributed by atoms with Crippen molar-refractivity contribution in [3.8, 4) is 0 Å². The number of aliphatic hydroxyl groups is 4. The first-order valence-electron chi connectivity index (χ1n) is 11.2. The van der Waals surface area contributed by atoms with Gasteiger partial charge in [0.05, 0.1) is 24.4 Å². The number of hydrogen-bond donors (Lipinski definition) is 4. The zero-order valence-electron chi connectivity index (χ0n) is 17.4. The minimum absolute atomic E-state index is 0.179. The Morgan fingerprint density at radius 1 is 0.385 bits per heavy atom. The fourth-order valence-corrected chi connectivity index (χ4v) is 3.39. The van der Waals surface area contributed by atoms with Gasteiger partial charge in [-0.1, -0.05) is 77.0 Å². The summed E-state index contributed by atoms with van der Waals surface area (Å²) in [6.45, 7) is 3.68. The van der Waals surface area contributed by atoms with Gasteiger partial charge >= 0.3 is 0 Å². The molecule has 0 aromatic heterocycles. The van der Waals surface area contributed by atoms with Crippen LogP contribution < -0.4 is 0 Å². The number of aliphatic hydroxyl groups excluding tert-OH is 4. The molecule has 0 bridgehead atoms. The van der Waals surface area contributed by atoms with Crippen LogP contribution in [0, 0.1) is 0 Å². The summed E-state index contributed by atoms with van der Waals surface area (Å²) in [4.78, 5) is 0. The zero-order chi connectivity index (χ0) is 19.6. The molecule has 0 aliphatic carbocycles. The maximum absolute atomic E-state index is 10.0. The number of hydrogen-bond acceptors (Lipinski definition) is 4. The molecule has 26 heavy (non-hydrogen) atoms. The fraction of sp³-hybridized carbons (Fsp3) is 1.00. The molecule has 0 rings (SSSR count). The molecule has 0 heterocycles. The first-order chi connectivity index (χ1) is 12.4. The van der Waals surface area contributed by atoms with E-state index in [1.807, 2.05) is 13.8 Å². The molecule has 0 spiro atoms. The quantitative estimate of drug-likeness (QED) is 0.247. The molecule has 0 aromatic rings. The summed E-state index contributed by atoms with van der Waals surface area (Å²) in [5.41, 5.74) is 0. The Morgan fingerprint density at radius 2 is 0.615 bits per heavy atom. The Kier molecular flexibility index (Phi) is 18.1. The van der Waals surface area contributed by atoms with Crippen molar-refractivity contribution in [2.24, 2.45) is 0 Å². The van der Waals surface area contributed by atoms with Crippen molar-refractivity contribution in [2.45, 2.75) is 141 Å². The van der Waals surface area contributed by atoms with Gasteiger partial charge < -0.3 is 20.4 Å². The van der Waals surface area contributed by atoms with Crippen molar-refractivity contribution in [3.63, 3.8) is 0 Å². The average Bonchev–Trinajstić information content (AvgIpc) is 2.58. The van der Waals surface area contributed by atoms with Gasteiger partial charge in [0, 0.05) is 0 Å². The van der Waals surface area contributed by atoms with Crippen LogP contribution in [-0.4, -0.2) is 44.8 Å². The van der Waals surface area contributed by atoms with Crippen LogP contribution in [0.15, 0.2) is 0 Å². The van der Waals surface area contributed by atoms with Gasteiger partial charge in [-0.25, -0.2) is 0 Å². The molecule has 0 amide bonds. The predicted octanol–water partition coefficient (Wildman–Crippen LogP) is 4.71. The van der Waals surface area contributed by atoms with Crippen LogP contribution >= 0.6 is 0 Å². The van der Waals surface area contributed by atoms with Crippen molar-refractivity contribution >= 4 is 0 Å². The normalized spacial score (nSPS) is 16.4. The second kappa shape index (κ2) is 18.2. The minimum Gasteiger partial charge on any atom is -0.393 e. The van der Waals surface area contributed by atoms with Crippen molar-refractivity contribution in [1.29, 1.82) is 0 Å². The lowest BCUT2D eigenvalue weighted by Gasteiger charge is -2.17. The Hall–Kier alpha value is -0.160. The predicted molar refractivity (Wildman–Crippen MR) is 109 cm³/mol. The van der Waals surface area contributed by atoms with E-state index in [9.17, 15) is 20.4 Å². The topological polar surface area (TPSA) is 80.9 Å². The van der Waals surface area contributed by atoms with E-state index in [2.05, 4.69) is 0 Å². The third-order valence-corrected chi connectivity index (χ3v) is 5.19. The van der Waals surface area contributed by atoms with E-state index in [1.165, 1.54) is 38.5 Å². The molecule has 0 aliphatic heterocycles. The van der Waals surface area contributed by atoms with E-state index in [0.29, 0.717) is 12.8 Å². The van der Waals surface area contributed by atoms with Gasteiger partial charge in [0.15, 0.2) is 0 Å². The first-order valence-corrected chi connectivity index (χ1v) is 11.2. The summed E-state index contributed by atoms with van der Waals surface area (Å²) >= 11 is 0. The van der Waals surface area contributed by atoms with Crippen LogP contribution in [0.2, 0.25) is 0 Å². The molecule has 0 aromatic carbocycles. The third-order valence-electron chi connectivity index (χ3n) is 5.19. The smallest absolute Gasteiger partial charge is 0.0799 e. The van der Waals surface area contributed by atoms with E-state index < -0.39 is 12.2 Å². The summed E-state index contributed by atoms with van der Waals surface area (Å²) in [6, 6.07) is 0. The molecule has 0 saturated heterocycles. The van der Waals surface area contributed by atoms with Crippen molar-refractivity contribution in [3.05, 3.63) is 0 Å². The summed E-state index contributed by atoms with van der Waals surface area (Å²) in [5.74, 6) is 0. The molecule has 4 unspecified atom stereocenters. The number of rotatable bonds is 19. The largest absolute Gasteiger partial charge is 0.393 e. The molecule has 0 aliphatic rings. The summed E-state index contributed by atoms with van der Waals surface area (Å²) in [7, 11) is 0. The maximum Gasteiger partial charge on any atom is 0.0799 e. The molecular formula is C22H46O4. The van der Waals surface area contributed by atoms with Gasteiger partial charge in [0.1, 0.15) is 0 Å². The monoisotopic (exact) mass is 374 g/mol. The van der Waals surface area contributed by atoms with Crippen molar-refractivity contribution in [1.82, 2.24) is 0 Å². The molecule has 4 nitrogen and oxygen atoms in total. The zero-order valence-corrected chi connectivity index (χ0v) is 17.4. The molecule has 0 radical (unpaired) electrons. The molecule has 4 N–H and O–H groups in total. The van der Waals surface area contributed by atoms with Crippen LogP contribution in [0.4, 0.5) is 0 Å². The first kappa shape index (κ1) is 25.8. The van der Waals surface area contributed by atoms with Gasteiger partial charge in [-0.05, 0) is 39.5 Å². The van der Waals surface area contributed by atoms with Gasteiger partial charge in [0.2, 0.25) is 0 Å². The van der Waals surface area contributed by atoms with E-state index in [-0.39, 0.29) is 12.2 Å². The Morgan fingerprint density at radius 3 is 0.885 bits per heavy atom. The van der Waals surface area contributed by atoms with Gasteiger partial charge in [-0.15, -0.1) is 0 Å². The lowest BCUT2D eigenvalue weighted by molar-refractivity contribution is 0.00711. The SMILES string of the molecule is CC(O)CCCCCCCCC(O)C(O)CCCCCCCCC(C)O. The molecule has 4 atom stereocenters. The molecule has 4 heteroatoms. The maximum atomic E-state index is 10.0. The Bertz CT molecular complexity index is 253. The van der Waals surface area contributed by atoms with Crippen molar-refractivity contribution < 1.29 is 20.4 Å². The van der Waals surface area contributed by atoms with E-state index in [1.54, 1.807) is 0 Å². The molecular weight excluding hydrogens is 328 g/mol. The average molecular weight is 375 g/mol. The summed E-state index contributed by atoms with van der Waals surface area (Å²) < 4.78 is 0. The Balaban J connectivity index is 3.36.